The van der Waals surface area contributed by atoms with Crippen molar-refractivity contribution in [3.05, 3.63) is 59.9 Å². The number of rotatable bonds is 6. The largest absolute Gasteiger partial charge is 0.339 e. The third kappa shape index (κ3) is 4.49. The van der Waals surface area contributed by atoms with Crippen LogP contribution in [0.15, 0.2) is 54.9 Å². The van der Waals surface area contributed by atoms with E-state index >= 15 is 0 Å². The number of aromatic nitrogens is 4. The third-order valence-corrected chi connectivity index (χ3v) is 4.58. The van der Waals surface area contributed by atoms with Crippen molar-refractivity contribution in [1.82, 2.24) is 19.7 Å². The predicted molar refractivity (Wildman–Crippen MR) is 120 cm³/mol. The molecule has 2 aromatic carbocycles. The van der Waals surface area contributed by atoms with Crippen LogP contribution in [0.25, 0.3) is 10.9 Å². The normalized spacial score (nSPS) is 10.8. The molecule has 0 radical (unpaired) electrons. The summed E-state index contributed by atoms with van der Waals surface area (Å²) in [6.45, 7) is 1.81. The van der Waals surface area contributed by atoms with Crippen LogP contribution in [0.1, 0.15) is 13.3 Å². The van der Waals surface area contributed by atoms with Crippen molar-refractivity contribution in [2.24, 2.45) is 7.05 Å². The summed E-state index contributed by atoms with van der Waals surface area (Å²) in [5.74, 6) is 0.970. The Morgan fingerprint density at radius 3 is 2.67 bits per heavy atom. The molecule has 0 fully saturated rings. The minimum absolute atomic E-state index is 0.0469. The first-order valence-corrected chi connectivity index (χ1v) is 9.78. The summed E-state index contributed by atoms with van der Waals surface area (Å²) in [5, 5.41) is 14.9. The summed E-state index contributed by atoms with van der Waals surface area (Å²) in [6, 6.07) is 12.9. The van der Waals surface area contributed by atoms with E-state index in [2.05, 4.69) is 31.0 Å². The van der Waals surface area contributed by atoms with Crippen LogP contribution < -0.4 is 16.0 Å². The lowest BCUT2D eigenvalue weighted by Gasteiger charge is -2.13. The molecule has 2 heterocycles. The number of nitrogens with zero attached hydrogens (tertiary/aromatic N) is 4. The quantitative estimate of drug-likeness (QED) is 0.411. The predicted octanol–water partition coefficient (Wildman–Crippen LogP) is 4.85. The number of anilines is 5. The Morgan fingerprint density at radius 2 is 1.90 bits per heavy atom. The maximum absolute atomic E-state index is 11.7. The molecule has 0 saturated carbocycles. The number of hydrogen-bond acceptors (Lipinski definition) is 6. The number of hydrogen-bond donors (Lipinski definition) is 3. The second-order valence-corrected chi connectivity index (χ2v) is 7.13. The van der Waals surface area contributed by atoms with Crippen molar-refractivity contribution >= 4 is 57.2 Å². The average Bonchev–Trinajstić information content (AvgIpc) is 3.13. The molecule has 0 atom stereocenters. The van der Waals surface area contributed by atoms with Crippen molar-refractivity contribution in [3.63, 3.8) is 0 Å². The summed E-state index contributed by atoms with van der Waals surface area (Å²) in [5.41, 5.74) is 2.99. The Balaban J connectivity index is 1.70. The lowest BCUT2D eigenvalue weighted by Crippen LogP contribution is -2.09. The van der Waals surface area contributed by atoms with Crippen LogP contribution in [0.2, 0.25) is 5.02 Å². The lowest BCUT2D eigenvalue weighted by molar-refractivity contribution is -0.115. The van der Waals surface area contributed by atoms with E-state index in [1.54, 1.807) is 16.9 Å². The first-order chi connectivity index (χ1) is 14.5. The molecule has 1 amide bonds. The van der Waals surface area contributed by atoms with Crippen molar-refractivity contribution in [1.29, 1.82) is 0 Å². The molecule has 0 spiro atoms. The molecule has 0 aliphatic rings. The van der Waals surface area contributed by atoms with Crippen LogP contribution in [0, 0.1) is 0 Å². The monoisotopic (exact) mass is 421 g/mol. The van der Waals surface area contributed by atoms with E-state index < -0.39 is 0 Å². The van der Waals surface area contributed by atoms with Crippen LogP contribution in [0.4, 0.5) is 28.8 Å². The highest BCUT2D eigenvalue weighted by Gasteiger charge is 2.11. The van der Waals surface area contributed by atoms with Gasteiger partial charge in [-0.05, 0) is 36.4 Å². The lowest BCUT2D eigenvalue weighted by atomic mass is 10.2. The van der Waals surface area contributed by atoms with E-state index in [1.165, 1.54) is 0 Å². The highest BCUT2D eigenvalue weighted by molar-refractivity contribution is 6.31. The van der Waals surface area contributed by atoms with Crippen molar-refractivity contribution in [2.75, 3.05) is 16.0 Å². The van der Waals surface area contributed by atoms with E-state index in [1.807, 2.05) is 56.6 Å². The molecule has 4 rings (SSSR count). The molecule has 0 aliphatic heterocycles. The van der Waals surface area contributed by atoms with Gasteiger partial charge in [0.1, 0.15) is 5.82 Å². The second kappa shape index (κ2) is 8.38. The first-order valence-electron chi connectivity index (χ1n) is 9.40. The van der Waals surface area contributed by atoms with Gasteiger partial charge < -0.3 is 16.0 Å². The zero-order chi connectivity index (χ0) is 21.1. The van der Waals surface area contributed by atoms with Crippen LogP contribution in [0.5, 0.6) is 0 Å². The minimum atomic E-state index is -0.0469. The van der Waals surface area contributed by atoms with Gasteiger partial charge in [0.15, 0.2) is 0 Å². The number of nitrogens with one attached hydrogen (secondary N) is 3. The van der Waals surface area contributed by atoms with E-state index in [0.29, 0.717) is 28.9 Å². The Bertz CT molecular complexity index is 1220. The van der Waals surface area contributed by atoms with E-state index in [9.17, 15) is 4.79 Å². The van der Waals surface area contributed by atoms with Crippen LogP contribution >= 0.6 is 11.6 Å². The van der Waals surface area contributed by atoms with E-state index in [0.717, 1.165) is 22.3 Å². The number of carbonyl (C=O) groups excluding carboxylic acids is 1. The molecule has 3 N–H and O–H groups in total. The second-order valence-electron chi connectivity index (χ2n) is 6.69. The highest BCUT2D eigenvalue weighted by Crippen LogP contribution is 2.29. The maximum Gasteiger partial charge on any atom is 0.229 e. The topological polar surface area (TPSA) is 96.8 Å². The molecule has 0 bridgehead atoms. The van der Waals surface area contributed by atoms with Crippen LogP contribution in [-0.2, 0) is 11.8 Å². The van der Waals surface area contributed by atoms with Gasteiger partial charge in [-0.1, -0.05) is 24.6 Å². The molecular formula is C21H20ClN7O. The van der Waals surface area contributed by atoms with Gasteiger partial charge in [0.25, 0.3) is 0 Å². The summed E-state index contributed by atoms with van der Waals surface area (Å²) < 4.78 is 1.69. The summed E-state index contributed by atoms with van der Waals surface area (Å²) in [6.07, 6.45) is 3.95. The molecule has 30 heavy (non-hydrogen) atoms. The van der Waals surface area contributed by atoms with E-state index in [4.69, 9.17) is 11.6 Å². The third-order valence-electron chi connectivity index (χ3n) is 4.35. The number of carbonyl (C=O) groups is 1. The molecule has 8 nitrogen and oxygen atoms in total. The highest BCUT2D eigenvalue weighted by atomic mass is 35.5. The van der Waals surface area contributed by atoms with Gasteiger partial charge in [0.05, 0.1) is 17.4 Å². The number of halogens is 1. The molecule has 0 saturated heterocycles. The van der Waals surface area contributed by atoms with Gasteiger partial charge in [-0.25, -0.2) is 4.98 Å². The fourth-order valence-corrected chi connectivity index (χ4v) is 3.10. The number of benzene rings is 2. The van der Waals surface area contributed by atoms with Crippen LogP contribution in [0.3, 0.4) is 0 Å². The van der Waals surface area contributed by atoms with Gasteiger partial charge in [-0.15, -0.1) is 0 Å². The van der Waals surface area contributed by atoms with Gasteiger partial charge in [-0.3, -0.25) is 9.48 Å². The fourth-order valence-electron chi connectivity index (χ4n) is 2.93. The number of amides is 1. The zero-order valence-electron chi connectivity index (χ0n) is 16.5. The summed E-state index contributed by atoms with van der Waals surface area (Å²) >= 11 is 6.21. The molecule has 152 valence electrons. The van der Waals surface area contributed by atoms with Crippen LogP contribution in [-0.4, -0.2) is 25.7 Å². The molecule has 0 aliphatic carbocycles. The molecule has 9 heteroatoms. The smallest absolute Gasteiger partial charge is 0.229 e. The first kappa shape index (κ1) is 19.7. The molecule has 0 unspecified atom stereocenters. The maximum atomic E-state index is 11.7. The van der Waals surface area contributed by atoms with Crippen molar-refractivity contribution < 1.29 is 4.79 Å². The standard InChI is InChI=1S/C21H20ClN7O/c1-3-19(30)24-14-5-4-6-15(10-14)25-20-17-9-13(22)7-8-18(17)27-21(28-20)26-16-11-23-29(2)12-16/h4-12H,3H2,1-2H3,(H,24,30)(H2,25,26,27,28). The van der Waals surface area contributed by atoms with Gasteiger partial charge in [0, 0.05) is 41.4 Å². The van der Waals surface area contributed by atoms with Crippen molar-refractivity contribution in [2.45, 2.75) is 13.3 Å². The number of aryl methyl sites for hydroxylation is 1. The van der Waals surface area contributed by atoms with E-state index in [-0.39, 0.29) is 5.91 Å². The molecular weight excluding hydrogens is 402 g/mol. The fraction of sp³-hybridized carbons (Fsp3) is 0.143. The zero-order valence-corrected chi connectivity index (χ0v) is 17.2. The Morgan fingerprint density at radius 1 is 1.07 bits per heavy atom. The summed E-state index contributed by atoms with van der Waals surface area (Å²) in [7, 11) is 1.84. The van der Waals surface area contributed by atoms with Gasteiger partial charge >= 0.3 is 0 Å². The summed E-state index contributed by atoms with van der Waals surface area (Å²) in [4.78, 5) is 20.9. The van der Waals surface area contributed by atoms with Gasteiger partial charge in [0.2, 0.25) is 11.9 Å². The Labute approximate surface area is 178 Å². The Kier molecular flexibility index (Phi) is 5.49. The molecule has 4 aromatic rings. The number of fused-ring (bicyclic) bond motifs is 1. The van der Waals surface area contributed by atoms with Crippen molar-refractivity contribution in [3.8, 4) is 0 Å². The molecule has 2 aromatic heterocycles. The average molecular weight is 422 g/mol. The minimum Gasteiger partial charge on any atom is -0.339 e. The SMILES string of the molecule is CCC(=O)Nc1cccc(Nc2nc(Nc3cnn(C)c3)nc3ccc(Cl)cc23)c1. The van der Waals surface area contributed by atoms with Gasteiger partial charge in [-0.2, -0.15) is 10.1 Å². The Hall–Kier alpha value is -3.65.